The minimum atomic E-state index is -0.778. The van der Waals surface area contributed by atoms with Crippen molar-refractivity contribution in [2.45, 2.75) is 115 Å². The van der Waals surface area contributed by atoms with E-state index in [0.29, 0.717) is 36.8 Å². The second kappa shape index (κ2) is 25.7. The number of fused-ring (bicyclic) bond motifs is 2. The number of amides is 3. The van der Waals surface area contributed by atoms with Gasteiger partial charge in [0.15, 0.2) is 11.6 Å². The van der Waals surface area contributed by atoms with Crippen molar-refractivity contribution in [3.05, 3.63) is 153 Å². The molecule has 0 saturated carbocycles. The summed E-state index contributed by atoms with van der Waals surface area (Å²) in [5.41, 5.74) is 7.28. The second-order valence-corrected chi connectivity index (χ2v) is 16.6. The minimum Gasteiger partial charge on any atom is -0.481 e. The van der Waals surface area contributed by atoms with Gasteiger partial charge >= 0.3 is 5.97 Å². The number of carbonyl (C=O) groups is 6. The Bertz CT molecular complexity index is 2340. The molecule has 0 fully saturated rings. The molecule has 0 aromatic heterocycles. The summed E-state index contributed by atoms with van der Waals surface area (Å²) in [4.78, 5) is 70.7. The maximum Gasteiger partial charge on any atom is 0.303 e. The lowest BCUT2D eigenvalue weighted by atomic mass is 10.0. The Morgan fingerprint density at radius 3 is 1.35 bits per heavy atom. The summed E-state index contributed by atoms with van der Waals surface area (Å²) in [6.07, 6.45) is 18.6. The van der Waals surface area contributed by atoms with Crippen molar-refractivity contribution in [2.75, 3.05) is 7.05 Å². The van der Waals surface area contributed by atoms with E-state index in [-0.39, 0.29) is 59.4 Å². The summed E-state index contributed by atoms with van der Waals surface area (Å²) in [5, 5.41) is 17.3. The molecule has 0 aliphatic heterocycles. The number of carbonyl (C=O) groups excluding carboxylic acids is 5. The molecular weight excluding hydrogens is 829 g/mol. The van der Waals surface area contributed by atoms with Gasteiger partial charge in [-0.3, -0.25) is 28.8 Å². The molecule has 0 spiro atoms. The van der Waals surface area contributed by atoms with Crippen molar-refractivity contribution in [3.63, 3.8) is 0 Å². The highest BCUT2D eigenvalue weighted by Gasteiger charge is 2.26. The van der Waals surface area contributed by atoms with Crippen LogP contribution in [0, 0.1) is 11.6 Å². The quantitative estimate of drug-likeness (QED) is 0.0452. The minimum absolute atomic E-state index is 0.0601. The standard InChI is InChI=1S/C27H31FN2O3.C26H28FNO4/c1-29-26(32)7-5-3-2-4-6-23(31)15-8-19-9-16-24-21(18-19)12-17-25(24)30-27(33)20-10-13-22(28)14-11-20;27-21-12-9-19(10-13-21)26(32)28-24-16-11-20-17-18(8-15-23(20)24)7-14-22(29)5-3-1-2-4-6-25(30)31/h8-11,13-16,18,25H,2-7,12,17H2,1H3,(H,29,32)(H,30,33);7-10,12-15,17,24H,1-6,11,16H2,(H,28,32)(H,30,31)/b15-8+;14-7+. The predicted molar refractivity (Wildman–Crippen MR) is 248 cm³/mol. The summed E-state index contributed by atoms with van der Waals surface area (Å²) in [6, 6.07) is 22.9. The summed E-state index contributed by atoms with van der Waals surface area (Å²) >= 11 is 0. The van der Waals surface area contributed by atoms with Crippen LogP contribution in [0.4, 0.5) is 8.78 Å². The average Bonchev–Trinajstić information content (AvgIpc) is 3.90. The van der Waals surface area contributed by atoms with Crippen LogP contribution in [-0.2, 0) is 32.0 Å². The van der Waals surface area contributed by atoms with Crippen molar-refractivity contribution < 1.29 is 42.7 Å². The topological polar surface area (TPSA) is 159 Å². The maximum absolute atomic E-state index is 13.1. The van der Waals surface area contributed by atoms with E-state index in [1.807, 2.05) is 36.4 Å². The van der Waals surface area contributed by atoms with Gasteiger partial charge < -0.3 is 21.1 Å². The second-order valence-electron chi connectivity index (χ2n) is 16.6. The number of benzene rings is 4. The summed E-state index contributed by atoms with van der Waals surface area (Å²) in [7, 11) is 1.64. The average molecular weight is 888 g/mol. The molecule has 342 valence electrons. The molecule has 2 aliphatic carbocycles. The van der Waals surface area contributed by atoms with Crippen LogP contribution in [0.25, 0.3) is 12.2 Å². The summed E-state index contributed by atoms with van der Waals surface area (Å²) in [5.74, 6) is -1.72. The van der Waals surface area contributed by atoms with Crippen LogP contribution in [0.2, 0.25) is 0 Å². The molecule has 0 bridgehead atoms. The summed E-state index contributed by atoms with van der Waals surface area (Å²) in [6.45, 7) is 0. The molecule has 2 unspecified atom stereocenters. The first-order chi connectivity index (χ1) is 31.4. The SMILES string of the molecule is CNC(=O)CCCCCCC(=O)/C=C/c1ccc2c(c1)CCC2NC(=O)c1ccc(F)cc1.O=C(O)CCCCCCC(=O)/C=C/c1ccc2c(c1)CCC2NC(=O)c1ccc(F)cc1. The van der Waals surface area contributed by atoms with E-state index >= 15 is 0 Å². The molecule has 12 heteroatoms. The maximum atomic E-state index is 13.1. The van der Waals surface area contributed by atoms with Crippen LogP contribution in [-0.4, -0.2) is 47.4 Å². The molecule has 3 amide bonds. The fourth-order valence-electron chi connectivity index (χ4n) is 8.01. The van der Waals surface area contributed by atoms with Crippen LogP contribution in [0.15, 0.2) is 97.1 Å². The number of aryl methyl sites for hydroxylation is 2. The van der Waals surface area contributed by atoms with E-state index in [1.54, 1.807) is 19.2 Å². The molecule has 4 aromatic rings. The van der Waals surface area contributed by atoms with Gasteiger partial charge in [-0.25, -0.2) is 8.78 Å². The van der Waals surface area contributed by atoms with Gasteiger partial charge in [0.2, 0.25) is 5.91 Å². The molecule has 2 atom stereocenters. The van der Waals surface area contributed by atoms with Gasteiger partial charge in [-0.2, -0.15) is 0 Å². The molecule has 65 heavy (non-hydrogen) atoms. The number of aliphatic carboxylic acids is 1. The molecule has 0 saturated heterocycles. The van der Waals surface area contributed by atoms with Gasteiger partial charge in [0.05, 0.1) is 12.1 Å². The molecule has 4 aromatic carbocycles. The molecule has 10 nitrogen and oxygen atoms in total. The molecule has 2 aliphatic rings. The van der Waals surface area contributed by atoms with E-state index in [0.717, 1.165) is 98.4 Å². The van der Waals surface area contributed by atoms with Crippen LogP contribution in [0.3, 0.4) is 0 Å². The number of halogens is 2. The van der Waals surface area contributed by atoms with Crippen LogP contribution >= 0.6 is 0 Å². The Kier molecular flexibility index (Phi) is 19.5. The number of rotatable bonds is 22. The number of unbranched alkanes of at least 4 members (excludes halogenated alkanes) is 6. The van der Waals surface area contributed by atoms with Crippen LogP contribution in [0.5, 0.6) is 0 Å². The van der Waals surface area contributed by atoms with Crippen molar-refractivity contribution >= 4 is 47.4 Å². The zero-order valence-electron chi connectivity index (χ0n) is 37.0. The fourth-order valence-corrected chi connectivity index (χ4v) is 8.01. The van der Waals surface area contributed by atoms with Gasteiger partial charge in [-0.1, -0.05) is 74.2 Å². The third-order valence-electron chi connectivity index (χ3n) is 11.7. The van der Waals surface area contributed by atoms with E-state index in [9.17, 15) is 37.5 Å². The van der Waals surface area contributed by atoms with Crippen molar-refractivity contribution in [2.24, 2.45) is 0 Å². The van der Waals surface area contributed by atoms with Crippen molar-refractivity contribution in [1.82, 2.24) is 16.0 Å². The highest BCUT2D eigenvalue weighted by atomic mass is 19.1. The molecule has 0 radical (unpaired) electrons. The lowest BCUT2D eigenvalue weighted by Crippen LogP contribution is -2.27. The largest absolute Gasteiger partial charge is 0.481 e. The van der Waals surface area contributed by atoms with Crippen LogP contribution in [0.1, 0.15) is 156 Å². The van der Waals surface area contributed by atoms with E-state index in [1.165, 1.54) is 54.1 Å². The Morgan fingerprint density at radius 2 is 0.954 bits per heavy atom. The molecule has 6 rings (SSSR count). The smallest absolute Gasteiger partial charge is 0.303 e. The number of allylic oxidation sites excluding steroid dienone is 2. The number of carboxylic acid groups (broad SMARTS) is 1. The third kappa shape index (κ3) is 16.5. The zero-order valence-corrected chi connectivity index (χ0v) is 37.0. The highest BCUT2D eigenvalue weighted by Crippen LogP contribution is 2.33. The van der Waals surface area contributed by atoms with Gasteiger partial charge in [-0.05, 0) is 145 Å². The molecule has 0 heterocycles. The van der Waals surface area contributed by atoms with Crippen molar-refractivity contribution in [3.8, 4) is 0 Å². The lowest BCUT2D eigenvalue weighted by molar-refractivity contribution is -0.137. The highest BCUT2D eigenvalue weighted by molar-refractivity contribution is 5.96. The first-order valence-electron chi connectivity index (χ1n) is 22.6. The van der Waals surface area contributed by atoms with E-state index in [4.69, 9.17) is 5.11 Å². The predicted octanol–water partition coefficient (Wildman–Crippen LogP) is 10.2. The molecule has 4 N–H and O–H groups in total. The van der Waals surface area contributed by atoms with Crippen LogP contribution < -0.4 is 16.0 Å². The van der Waals surface area contributed by atoms with E-state index in [2.05, 4.69) is 28.1 Å². The number of hydrogen-bond donors (Lipinski definition) is 4. The number of ketones is 2. The summed E-state index contributed by atoms with van der Waals surface area (Å²) < 4.78 is 26.1. The van der Waals surface area contributed by atoms with Gasteiger partial charge in [0.25, 0.3) is 11.8 Å². The van der Waals surface area contributed by atoms with Crippen molar-refractivity contribution in [1.29, 1.82) is 0 Å². The fraction of sp³-hybridized carbons (Fsp3) is 0.358. The Morgan fingerprint density at radius 1 is 0.554 bits per heavy atom. The van der Waals surface area contributed by atoms with Gasteiger partial charge in [0, 0.05) is 43.9 Å². The monoisotopic (exact) mass is 887 g/mol. The Balaban J connectivity index is 0.000000244. The Labute approximate surface area is 380 Å². The number of carboxylic acids is 1. The molecular formula is C53H59F2N3O7. The van der Waals surface area contributed by atoms with Gasteiger partial charge in [0.1, 0.15) is 11.6 Å². The first kappa shape index (κ1) is 49.5. The number of hydrogen-bond acceptors (Lipinski definition) is 6. The third-order valence-corrected chi connectivity index (χ3v) is 11.7. The lowest BCUT2D eigenvalue weighted by Gasteiger charge is -2.14. The Hall–Kier alpha value is -6.56. The number of nitrogens with one attached hydrogen (secondary N) is 3. The first-order valence-corrected chi connectivity index (χ1v) is 22.6. The van der Waals surface area contributed by atoms with E-state index < -0.39 is 5.97 Å². The zero-order chi connectivity index (χ0) is 46.6. The normalized spacial score (nSPS) is 14.9. The van der Waals surface area contributed by atoms with Gasteiger partial charge in [-0.15, -0.1) is 0 Å².